The van der Waals surface area contributed by atoms with Crippen LogP contribution in [0.4, 0.5) is 0 Å². The minimum atomic E-state index is 0.536. The third-order valence-corrected chi connectivity index (χ3v) is 2.99. The van der Waals surface area contributed by atoms with E-state index in [1.165, 1.54) is 0 Å². The maximum Gasteiger partial charge on any atom is 0.130 e. The zero-order valence-corrected chi connectivity index (χ0v) is 10.9. The number of hydrogen-bond donors (Lipinski definition) is 0. The van der Waals surface area contributed by atoms with Gasteiger partial charge in [-0.15, -0.1) is 0 Å². The average Bonchev–Trinajstić information content (AvgIpc) is 2.57. The van der Waals surface area contributed by atoms with Gasteiger partial charge in [0.25, 0.3) is 0 Å². The number of imidazole rings is 1. The molecule has 2 aromatic rings. The molecule has 84 valence electrons. The highest BCUT2D eigenvalue weighted by Crippen LogP contribution is 2.18. The average molecular weight is 281 g/mol. The maximum atomic E-state index is 5.68. The van der Waals surface area contributed by atoms with Crippen molar-refractivity contribution in [2.24, 2.45) is 7.05 Å². The van der Waals surface area contributed by atoms with Crippen molar-refractivity contribution in [3.05, 3.63) is 46.5 Å². The van der Waals surface area contributed by atoms with Gasteiger partial charge in [0, 0.05) is 11.5 Å². The van der Waals surface area contributed by atoms with Gasteiger partial charge in [-0.05, 0) is 25.1 Å². The minimum absolute atomic E-state index is 0.536. The molecule has 0 radical (unpaired) electrons. The highest BCUT2D eigenvalue weighted by Gasteiger charge is 2.03. The van der Waals surface area contributed by atoms with Crippen molar-refractivity contribution in [1.29, 1.82) is 0 Å². The zero-order valence-electron chi connectivity index (χ0n) is 9.27. The van der Waals surface area contributed by atoms with Gasteiger partial charge >= 0.3 is 0 Å². The maximum absolute atomic E-state index is 5.68. The molecule has 0 spiro atoms. The van der Waals surface area contributed by atoms with Crippen LogP contribution in [0, 0.1) is 6.92 Å². The summed E-state index contributed by atoms with van der Waals surface area (Å²) < 4.78 is 8.72. The molecule has 1 aromatic heterocycles. The van der Waals surface area contributed by atoms with E-state index in [-0.39, 0.29) is 0 Å². The highest BCUT2D eigenvalue weighted by molar-refractivity contribution is 9.10. The van der Waals surface area contributed by atoms with Gasteiger partial charge in [0.15, 0.2) is 0 Å². The van der Waals surface area contributed by atoms with Crippen molar-refractivity contribution in [1.82, 2.24) is 9.55 Å². The molecule has 3 nitrogen and oxygen atoms in total. The predicted octanol–water partition coefficient (Wildman–Crippen LogP) is 3.07. The molecule has 0 amide bonds. The lowest BCUT2D eigenvalue weighted by atomic mass is 10.3. The number of ether oxygens (including phenoxy) is 1. The van der Waals surface area contributed by atoms with Gasteiger partial charge in [-0.3, -0.25) is 0 Å². The summed E-state index contributed by atoms with van der Waals surface area (Å²) in [6.45, 7) is 2.51. The Morgan fingerprint density at radius 1 is 1.44 bits per heavy atom. The van der Waals surface area contributed by atoms with Crippen molar-refractivity contribution in [3.8, 4) is 5.75 Å². The van der Waals surface area contributed by atoms with Crippen LogP contribution in [0.1, 0.15) is 11.5 Å². The first-order chi connectivity index (χ1) is 7.66. The molecular formula is C12H13BrN2O. The first-order valence-electron chi connectivity index (χ1n) is 5.02. The Morgan fingerprint density at radius 3 is 2.88 bits per heavy atom. The van der Waals surface area contributed by atoms with Crippen LogP contribution in [0.2, 0.25) is 0 Å². The molecule has 0 atom stereocenters. The van der Waals surface area contributed by atoms with Crippen LogP contribution in [-0.2, 0) is 13.7 Å². The fraction of sp³-hybridized carbons (Fsp3) is 0.250. The molecule has 4 heteroatoms. The van der Waals surface area contributed by atoms with E-state index in [1.807, 2.05) is 49.0 Å². The summed E-state index contributed by atoms with van der Waals surface area (Å²) in [6, 6.07) is 7.81. The quantitative estimate of drug-likeness (QED) is 0.864. The van der Waals surface area contributed by atoms with Crippen molar-refractivity contribution < 1.29 is 4.74 Å². The van der Waals surface area contributed by atoms with E-state index < -0.39 is 0 Å². The zero-order chi connectivity index (χ0) is 11.5. The van der Waals surface area contributed by atoms with Crippen LogP contribution in [-0.4, -0.2) is 9.55 Å². The molecule has 0 bridgehead atoms. The Balaban J connectivity index is 2.05. The Morgan fingerprint density at radius 2 is 2.25 bits per heavy atom. The standard InChI is InChI=1S/C12H13BrN2O/c1-9-14-7-11(15(9)2)8-16-12-5-3-4-10(13)6-12/h3-7H,8H2,1-2H3. The van der Waals surface area contributed by atoms with Gasteiger partial charge in [0.05, 0.1) is 11.9 Å². The van der Waals surface area contributed by atoms with E-state index in [0.29, 0.717) is 6.61 Å². The summed E-state index contributed by atoms with van der Waals surface area (Å²) in [6.07, 6.45) is 1.84. The van der Waals surface area contributed by atoms with Gasteiger partial charge in [-0.2, -0.15) is 0 Å². The van der Waals surface area contributed by atoms with E-state index >= 15 is 0 Å². The lowest BCUT2D eigenvalue weighted by Gasteiger charge is -2.07. The molecule has 0 fully saturated rings. The minimum Gasteiger partial charge on any atom is -0.487 e. The first kappa shape index (κ1) is 11.2. The molecular weight excluding hydrogens is 268 g/mol. The monoisotopic (exact) mass is 280 g/mol. The van der Waals surface area contributed by atoms with E-state index in [9.17, 15) is 0 Å². The molecule has 0 saturated heterocycles. The summed E-state index contributed by atoms with van der Waals surface area (Å²) >= 11 is 3.41. The Labute approximate surface area is 103 Å². The van der Waals surface area contributed by atoms with Crippen LogP contribution in [0.25, 0.3) is 0 Å². The number of aromatic nitrogens is 2. The lowest BCUT2D eigenvalue weighted by molar-refractivity contribution is 0.296. The number of halogens is 1. The number of aryl methyl sites for hydroxylation is 1. The van der Waals surface area contributed by atoms with Crippen LogP contribution in [0.5, 0.6) is 5.75 Å². The largest absolute Gasteiger partial charge is 0.487 e. The van der Waals surface area contributed by atoms with Crippen LogP contribution >= 0.6 is 15.9 Å². The summed E-state index contributed by atoms with van der Waals surface area (Å²) in [5.74, 6) is 1.85. The Hall–Kier alpha value is -1.29. The molecule has 1 heterocycles. The summed E-state index contributed by atoms with van der Waals surface area (Å²) in [5.41, 5.74) is 1.07. The topological polar surface area (TPSA) is 27.1 Å². The Kier molecular flexibility index (Phi) is 3.29. The van der Waals surface area contributed by atoms with Gasteiger partial charge in [0.1, 0.15) is 18.2 Å². The van der Waals surface area contributed by atoms with Crippen molar-refractivity contribution in [2.75, 3.05) is 0 Å². The van der Waals surface area contributed by atoms with E-state index in [1.54, 1.807) is 0 Å². The summed E-state index contributed by atoms with van der Waals surface area (Å²) in [4.78, 5) is 4.22. The predicted molar refractivity (Wildman–Crippen MR) is 66.4 cm³/mol. The molecule has 0 N–H and O–H groups in total. The van der Waals surface area contributed by atoms with Gasteiger partial charge in [-0.25, -0.2) is 4.98 Å². The molecule has 0 aliphatic heterocycles. The van der Waals surface area contributed by atoms with Crippen LogP contribution in [0.3, 0.4) is 0 Å². The second-order valence-corrected chi connectivity index (χ2v) is 4.52. The molecule has 0 unspecified atom stereocenters. The number of rotatable bonds is 3. The van der Waals surface area contributed by atoms with Gasteiger partial charge < -0.3 is 9.30 Å². The lowest BCUT2D eigenvalue weighted by Crippen LogP contribution is -2.02. The highest BCUT2D eigenvalue weighted by atomic mass is 79.9. The third-order valence-electron chi connectivity index (χ3n) is 2.50. The third kappa shape index (κ3) is 2.44. The molecule has 0 aliphatic carbocycles. The van der Waals surface area contributed by atoms with E-state index in [2.05, 4.69) is 20.9 Å². The second kappa shape index (κ2) is 4.70. The SMILES string of the molecule is Cc1ncc(COc2cccc(Br)c2)n1C. The first-order valence-corrected chi connectivity index (χ1v) is 5.81. The van der Waals surface area contributed by atoms with Crippen molar-refractivity contribution in [3.63, 3.8) is 0 Å². The van der Waals surface area contributed by atoms with E-state index in [4.69, 9.17) is 4.74 Å². The molecule has 0 aliphatic rings. The second-order valence-electron chi connectivity index (χ2n) is 3.60. The fourth-order valence-electron chi connectivity index (χ4n) is 1.40. The fourth-order valence-corrected chi connectivity index (χ4v) is 1.78. The normalized spacial score (nSPS) is 10.4. The van der Waals surface area contributed by atoms with Crippen molar-refractivity contribution in [2.45, 2.75) is 13.5 Å². The molecule has 2 rings (SSSR count). The van der Waals surface area contributed by atoms with Crippen LogP contribution < -0.4 is 4.74 Å². The number of nitrogens with zero attached hydrogens (tertiary/aromatic N) is 2. The summed E-state index contributed by atoms with van der Waals surface area (Å²) in [7, 11) is 1.99. The van der Waals surface area contributed by atoms with Crippen LogP contribution in [0.15, 0.2) is 34.9 Å². The van der Waals surface area contributed by atoms with E-state index in [0.717, 1.165) is 21.7 Å². The van der Waals surface area contributed by atoms with Gasteiger partial charge in [0.2, 0.25) is 0 Å². The number of benzene rings is 1. The number of hydrogen-bond acceptors (Lipinski definition) is 2. The van der Waals surface area contributed by atoms with Crippen molar-refractivity contribution >= 4 is 15.9 Å². The molecule has 0 saturated carbocycles. The smallest absolute Gasteiger partial charge is 0.130 e. The van der Waals surface area contributed by atoms with Gasteiger partial charge in [-0.1, -0.05) is 22.0 Å². The summed E-state index contributed by atoms with van der Waals surface area (Å²) in [5, 5.41) is 0. The Bertz CT molecular complexity index is 494. The molecule has 1 aromatic carbocycles. The molecule has 16 heavy (non-hydrogen) atoms.